The van der Waals surface area contributed by atoms with Gasteiger partial charge in [-0.1, -0.05) is 22.0 Å². The number of rotatable bonds is 3. The number of halogens is 1. The SMILES string of the molecule is Cc1ccc(C(=O)NCC2CCNCC2)cc1Br. The predicted octanol–water partition coefficient (Wildman–Crippen LogP) is 2.49. The summed E-state index contributed by atoms with van der Waals surface area (Å²) >= 11 is 3.45. The number of carbonyl (C=O) groups is 1. The van der Waals surface area contributed by atoms with Crippen molar-refractivity contribution >= 4 is 21.8 Å². The fourth-order valence-electron chi connectivity index (χ4n) is 2.16. The Bertz CT molecular complexity index is 428. The first kappa shape index (κ1) is 13.6. The van der Waals surface area contributed by atoms with Gasteiger partial charge in [0.1, 0.15) is 0 Å². The highest BCUT2D eigenvalue weighted by atomic mass is 79.9. The molecular weight excluding hydrogens is 292 g/mol. The number of piperidine rings is 1. The van der Waals surface area contributed by atoms with Crippen molar-refractivity contribution in [2.45, 2.75) is 19.8 Å². The van der Waals surface area contributed by atoms with Crippen LogP contribution in [0.4, 0.5) is 0 Å². The maximum Gasteiger partial charge on any atom is 0.251 e. The molecule has 98 valence electrons. The van der Waals surface area contributed by atoms with Crippen LogP contribution in [-0.2, 0) is 0 Å². The fraction of sp³-hybridized carbons (Fsp3) is 0.500. The molecule has 1 aromatic rings. The summed E-state index contributed by atoms with van der Waals surface area (Å²) in [5, 5.41) is 6.36. The van der Waals surface area contributed by atoms with Crippen molar-refractivity contribution in [1.82, 2.24) is 10.6 Å². The van der Waals surface area contributed by atoms with Crippen molar-refractivity contribution in [2.75, 3.05) is 19.6 Å². The minimum Gasteiger partial charge on any atom is -0.352 e. The summed E-state index contributed by atoms with van der Waals surface area (Å²) in [6, 6.07) is 5.72. The van der Waals surface area contributed by atoms with Crippen LogP contribution in [-0.4, -0.2) is 25.5 Å². The Morgan fingerprint density at radius 1 is 1.44 bits per heavy atom. The summed E-state index contributed by atoms with van der Waals surface area (Å²) in [4.78, 5) is 12.0. The summed E-state index contributed by atoms with van der Waals surface area (Å²) in [5.74, 6) is 0.637. The first-order chi connectivity index (χ1) is 8.66. The number of carbonyl (C=O) groups excluding carboxylic acids is 1. The monoisotopic (exact) mass is 310 g/mol. The van der Waals surface area contributed by atoms with Crippen LogP contribution in [0, 0.1) is 12.8 Å². The molecule has 1 amide bonds. The number of hydrogen-bond donors (Lipinski definition) is 2. The number of aryl methyl sites for hydroxylation is 1. The molecule has 0 aliphatic carbocycles. The quantitative estimate of drug-likeness (QED) is 0.900. The van der Waals surface area contributed by atoms with E-state index in [1.54, 1.807) is 0 Å². The molecule has 0 aromatic heterocycles. The predicted molar refractivity (Wildman–Crippen MR) is 76.8 cm³/mol. The third kappa shape index (κ3) is 3.56. The van der Waals surface area contributed by atoms with E-state index in [1.807, 2.05) is 25.1 Å². The lowest BCUT2D eigenvalue weighted by atomic mass is 9.98. The van der Waals surface area contributed by atoms with Gasteiger partial charge >= 0.3 is 0 Å². The van der Waals surface area contributed by atoms with E-state index >= 15 is 0 Å². The van der Waals surface area contributed by atoms with Crippen molar-refractivity contribution in [3.63, 3.8) is 0 Å². The van der Waals surface area contributed by atoms with E-state index in [4.69, 9.17) is 0 Å². The Hall–Kier alpha value is -0.870. The minimum absolute atomic E-state index is 0.0224. The van der Waals surface area contributed by atoms with Gasteiger partial charge < -0.3 is 10.6 Å². The van der Waals surface area contributed by atoms with Crippen molar-refractivity contribution < 1.29 is 4.79 Å². The zero-order valence-corrected chi connectivity index (χ0v) is 12.2. The average molecular weight is 311 g/mol. The molecular formula is C14H19BrN2O. The second-order valence-corrected chi connectivity index (χ2v) is 5.72. The van der Waals surface area contributed by atoms with E-state index in [9.17, 15) is 4.79 Å². The zero-order valence-electron chi connectivity index (χ0n) is 10.6. The molecule has 1 fully saturated rings. The van der Waals surface area contributed by atoms with E-state index < -0.39 is 0 Å². The minimum atomic E-state index is 0.0224. The van der Waals surface area contributed by atoms with Crippen LogP contribution in [0.1, 0.15) is 28.8 Å². The molecule has 1 aliphatic heterocycles. The summed E-state index contributed by atoms with van der Waals surface area (Å²) in [6.07, 6.45) is 2.30. The van der Waals surface area contributed by atoms with Crippen LogP contribution >= 0.6 is 15.9 Å². The van der Waals surface area contributed by atoms with Gasteiger partial charge in [0.2, 0.25) is 0 Å². The molecule has 0 unspecified atom stereocenters. The summed E-state index contributed by atoms with van der Waals surface area (Å²) < 4.78 is 0.983. The summed E-state index contributed by atoms with van der Waals surface area (Å²) in [7, 11) is 0. The number of benzene rings is 1. The Morgan fingerprint density at radius 3 is 2.83 bits per heavy atom. The largest absolute Gasteiger partial charge is 0.352 e. The highest BCUT2D eigenvalue weighted by Crippen LogP contribution is 2.17. The Balaban J connectivity index is 1.88. The first-order valence-corrected chi connectivity index (χ1v) is 7.21. The van der Waals surface area contributed by atoms with Crippen molar-refractivity contribution in [2.24, 2.45) is 5.92 Å². The molecule has 2 N–H and O–H groups in total. The molecule has 18 heavy (non-hydrogen) atoms. The highest BCUT2D eigenvalue weighted by molar-refractivity contribution is 9.10. The second kappa shape index (κ2) is 6.34. The lowest BCUT2D eigenvalue weighted by Gasteiger charge is -2.22. The third-order valence-electron chi connectivity index (χ3n) is 3.44. The van der Waals surface area contributed by atoms with Gasteiger partial charge in [-0.25, -0.2) is 0 Å². The van der Waals surface area contributed by atoms with Crippen molar-refractivity contribution in [1.29, 1.82) is 0 Å². The van der Waals surface area contributed by atoms with Crippen molar-refractivity contribution in [3.8, 4) is 0 Å². The number of amides is 1. The molecule has 2 rings (SSSR count). The van der Waals surface area contributed by atoms with Gasteiger partial charge in [0.05, 0.1) is 0 Å². The van der Waals surface area contributed by atoms with Gasteiger partial charge in [-0.15, -0.1) is 0 Å². The Labute approximate surface area is 116 Å². The summed E-state index contributed by atoms with van der Waals surface area (Å²) in [5.41, 5.74) is 1.87. The van der Waals surface area contributed by atoms with E-state index in [0.29, 0.717) is 5.92 Å². The van der Waals surface area contributed by atoms with E-state index in [2.05, 4.69) is 26.6 Å². The van der Waals surface area contributed by atoms with E-state index in [1.165, 1.54) is 0 Å². The lowest BCUT2D eigenvalue weighted by molar-refractivity contribution is 0.0944. The van der Waals surface area contributed by atoms with Crippen LogP contribution < -0.4 is 10.6 Å². The van der Waals surface area contributed by atoms with Crippen LogP contribution in [0.15, 0.2) is 22.7 Å². The van der Waals surface area contributed by atoms with Gasteiger partial charge in [-0.05, 0) is 56.5 Å². The van der Waals surface area contributed by atoms with Crippen LogP contribution in [0.5, 0.6) is 0 Å². The molecule has 0 radical (unpaired) electrons. The lowest BCUT2D eigenvalue weighted by Crippen LogP contribution is -2.35. The van der Waals surface area contributed by atoms with Crippen LogP contribution in [0.3, 0.4) is 0 Å². The maximum absolute atomic E-state index is 12.0. The first-order valence-electron chi connectivity index (χ1n) is 6.42. The van der Waals surface area contributed by atoms with Gasteiger partial charge in [-0.2, -0.15) is 0 Å². The maximum atomic E-state index is 12.0. The van der Waals surface area contributed by atoms with Crippen LogP contribution in [0.25, 0.3) is 0 Å². The fourth-order valence-corrected chi connectivity index (χ4v) is 2.54. The second-order valence-electron chi connectivity index (χ2n) is 4.87. The molecule has 0 spiro atoms. The average Bonchev–Trinajstić information content (AvgIpc) is 2.40. The van der Waals surface area contributed by atoms with Gasteiger partial charge in [0.15, 0.2) is 0 Å². The Morgan fingerprint density at radius 2 is 2.17 bits per heavy atom. The zero-order chi connectivity index (χ0) is 13.0. The molecule has 1 aliphatic rings. The van der Waals surface area contributed by atoms with Crippen molar-refractivity contribution in [3.05, 3.63) is 33.8 Å². The smallest absolute Gasteiger partial charge is 0.251 e. The highest BCUT2D eigenvalue weighted by Gasteiger charge is 2.14. The topological polar surface area (TPSA) is 41.1 Å². The molecule has 1 saturated heterocycles. The molecule has 3 nitrogen and oxygen atoms in total. The molecule has 4 heteroatoms. The standard InChI is InChI=1S/C14H19BrN2O/c1-10-2-3-12(8-13(10)15)14(18)17-9-11-4-6-16-7-5-11/h2-3,8,11,16H,4-7,9H2,1H3,(H,17,18). The van der Waals surface area contributed by atoms with E-state index in [0.717, 1.165) is 48.1 Å². The van der Waals surface area contributed by atoms with E-state index in [-0.39, 0.29) is 5.91 Å². The molecule has 1 heterocycles. The molecule has 0 bridgehead atoms. The molecule has 0 saturated carbocycles. The molecule has 1 aromatic carbocycles. The van der Waals surface area contributed by atoms with Gasteiger partial charge in [0, 0.05) is 16.6 Å². The van der Waals surface area contributed by atoms with Crippen LogP contribution in [0.2, 0.25) is 0 Å². The third-order valence-corrected chi connectivity index (χ3v) is 4.30. The Kier molecular flexibility index (Phi) is 4.78. The van der Waals surface area contributed by atoms with Gasteiger partial charge in [-0.3, -0.25) is 4.79 Å². The number of nitrogens with one attached hydrogen (secondary N) is 2. The van der Waals surface area contributed by atoms with Gasteiger partial charge in [0.25, 0.3) is 5.91 Å². The molecule has 0 atom stereocenters. The normalized spacial score (nSPS) is 16.6. The summed E-state index contributed by atoms with van der Waals surface area (Å²) in [6.45, 7) is 4.93. The number of hydrogen-bond acceptors (Lipinski definition) is 2.